The molecule has 2 rings (SSSR count). The zero-order valence-corrected chi connectivity index (χ0v) is 14.8. The van der Waals surface area contributed by atoms with E-state index in [-0.39, 0.29) is 22.2 Å². The molecule has 0 radical (unpaired) electrons. The van der Waals surface area contributed by atoms with Gasteiger partial charge in [0.1, 0.15) is 10.8 Å². The van der Waals surface area contributed by atoms with Gasteiger partial charge in [0.15, 0.2) is 11.6 Å². The summed E-state index contributed by atoms with van der Waals surface area (Å²) in [6, 6.07) is 0. The van der Waals surface area contributed by atoms with E-state index in [4.69, 9.17) is 23.2 Å². The maximum Gasteiger partial charge on any atom is 0.312 e. The van der Waals surface area contributed by atoms with Crippen molar-refractivity contribution >= 4 is 40.7 Å². The Kier molecular flexibility index (Phi) is 4.15. The van der Waals surface area contributed by atoms with Crippen LogP contribution < -0.4 is 0 Å². The third kappa shape index (κ3) is 2.58. The van der Waals surface area contributed by atoms with Crippen molar-refractivity contribution in [3.63, 3.8) is 0 Å². The predicted molar refractivity (Wildman–Crippen MR) is 88.4 cm³/mol. The average molecular weight is 357 g/mol. The van der Waals surface area contributed by atoms with Crippen LogP contribution in [0.4, 0.5) is 0 Å². The second-order valence-electron chi connectivity index (χ2n) is 6.97. The number of ketones is 2. The fourth-order valence-corrected chi connectivity index (χ4v) is 4.15. The summed E-state index contributed by atoms with van der Waals surface area (Å²) >= 11 is 12.7. The monoisotopic (exact) mass is 356 g/mol. The summed E-state index contributed by atoms with van der Waals surface area (Å²) in [6.07, 6.45) is 5.53. The second-order valence-corrected chi connectivity index (χ2v) is 8.04. The van der Waals surface area contributed by atoms with E-state index in [0.29, 0.717) is 0 Å². The van der Waals surface area contributed by atoms with Crippen molar-refractivity contribution in [3.05, 3.63) is 34.9 Å². The third-order valence-corrected chi connectivity index (χ3v) is 5.41. The number of carboxylic acid groups (broad SMARTS) is 1. The molecule has 23 heavy (non-hydrogen) atoms. The maximum atomic E-state index is 12.8. The van der Waals surface area contributed by atoms with E-state index >= 15 is 0 Å². The van der Waals surface area contributed by atoms with Crippen molar-refractivity contribution in [2.24, 2.45) is 16.7 Å². The lowest BCUT2D eigenvalue weighted by atomic mass is 9.59. The molecule has 0 aromatic heterocycles. The van der Waals surface area contributed by atoms with Crippen LogP contribution in [0.1, 0.15) is 27.7 Å². The molecule has 2 aliphatic carbocycles. The molecular formula is C17H18Cl2O4. The van der Waals surface area contributed by atoms with E-state index in [0.717, 1.165) is 0 Å². The maximum absolute atomic E-state index is 12.8. The van der Waals surface area contributed by atoms with Gasteiger partial charge in [-0.05, 0) is 51.5 Å². The summed E-state index contributed by atoms with van der Waals surface area (Å²) in [5, 5.41) is 9.75. The zero-order valence-electron chi connectivity index (χ0n) is 13.3. The molecule has 2 unspecified atom stereocenters. The first-order valence-corrected chi connectivity index (χ1v) is 7.91. The van der Waals surface area contributed by atoms with Crippen LogP contribution in [0.2, 0.25) is 0 Å². The Balaban J connectivity index is 2.71. The first-order chi connectivity index (χ1) is 10.3. The summed E-state index contributed by atoms with van der Waals surface area (Å²) in [5.41, 5.74) is -2.00. The molecule has 0 saturated carbocycles. The number of allylic oxidation sites excluding steroid dienone is 5. The number of rotatable bonds is 2. The SMILES string of the molecule is CC1(C)C(=O)C=C(C2(Cl)C=C(Cl)C=CC2C(=O)O)C(C)(C)C1=O. The number of hydrogen-bond donors (Lipinski definition) is 1. The van der Waals surface area contributed by atoms with Crippen LogP contribution in [0.15, 0.2) is 34.9 Å². The van der Waals surface area contributed by atoms with Gasteiger partial charge in [0.05, 0.1) is 5.41 Å². The van der Waals surface area contributed by atoms with Gasteiger partial charge in [-0.15, -0.1) is 11.6 Å². The summed E-state index contributed by atoms with van der Waals surface area (Å²) in [7, 11) is 0. The first kappa shape index (κ1) is 18.0. The van der Waals surface area contributed by atoms with Crippen molar-refractivity contribution < 1.29 is 19.5 Å². The highest BCUT2D eigenvalue weighted by Crippen LogP contribution is 2.52. The molecule has 0 aromatic carbocycles. The largest absolute Gasteiger partial charge is 0.481 e. The lowest BCUT2D eigenvalue weighted by molar-refractivity contribution is -0.144. The highest BCUT2D eigenvalue weighted by molar-refractivity contribution is 6.35. The highest BCUT2D eigenvalue weighted by atomic mass is 35.5. The molecule has 2 aliphatic rings. The molecule has 6 heteroatoms. The lowest BCUT2D eigenvalue weighted by Gasteiger charge is -2.45. The van der Waals surface area contributed by atoms with Gasteiger partial charge >= 0.3 is 5.97 Å². The third-order valence-electron chi connectivity index (χ3n) is 4.63. The molecule has 0 saturated heterocycles. The molecular weight excluding hydrogens is 339 g/mol. The average Bonchev–Trinajstić information content (AvgIpc) is 2.41. The van der Waals surface area contributed by atoms with E-state index < -0.39 is 27.6 Å². The molecule has 0 spiro atoms. The quantitative estimate of drug-likeness (QED) is 0.607. The van der Waals surface area contributed by atoms with Crippen LogP contribution in [0.3, 0.4) is 0 Å². The van der Waals surface area contributed by atoms with Gasteiger partial charge in [-0.25, -0.2) is 0 Å². The Hall–Kier alpha value is -1.39. The second kappa shape index (κ2) is 5.32. The number of hydrogen-bond acceptors (Lipinski definition) is 3. The topological polar surface area (TPSA) is 71.4 Å². The molecule has 124 valence electrons. The molecule has 0 fully saturated rings. The van der Waals surface area contributed by atoms with Gasteiger partial charge in [0.25, 0.3) is 0 Å². The minimum absolute atomic E-state index is 0.260. The van der Waals surface area contributed by atoms with E-state index in [1.165, 1.54) is 24.3 Å². The fraction of sp³-hybridized carbons (Fsp3) is 0.471. The standard InChI is InChI=1S/C17H18Cl2O4/c1-15(2)11(7-12(20)16(3,4)14(15)23)17(19)8-9(18)5-6-10(17)13(21)22/h5-8,10H,1-4H3,(H,21,22). The summed E-state index contributed by atoms with van der Waals surface area (Å²) in [5.74, 6) is -2.96. The number of Topliss-reactive ketones (excluding diaryl/α,β-unsaturated/α-hetero) is 1. The van der Waals surface area contributed by atoms with Crippen molar-refractivity contribution in [2.45, 2.75) is 32.6 Å². The van der Waals surface area contributed by atoms with E-state index in [9.17, 15) is 19.5 Å². The minimum Gasteiger partial charge on any atom is -0.481 e. The number of carbonyl (C=O) groups is 3. The Labute approximate surface area is 144 Å². The molecule has 0 bridgehead atoms. The smallest absolute Gasteiger partial charge is 0.312 e. The Morgan fingerprint density at radius 2 is 1.74 bits per heavy atom. The highest BCUT2D eigenvalue weighted by Gasteiger charge is 2.56. The minimum atomic E-state index is -1.57. The summed E-state index contributed by atoms with van der Waals surface area (Å²) in [6.45, 7) is 6.43. The number of carbonyl (C=O) groups excluding carboxylic acids is 2. The summed E-state index contributed by atoms with van der Waals surface area (Å²) < 4.78 is 0. The van der Waals surface area contributed by atoms with Gasteiger partial charge in [0, 0.05) is 10.4 Å². The normalized spacial score (nSPS) is 32.3. The van der Waals surface area contributed by atoms with Gasteiger partial charge in [-0.2, -0.15) is 0 Å². The molecule has 2 atom stereocenters. The molecule has 1 N–H and O–H groups in total. The van der Waals surface area contributed by atoms with Crippen LogP contribution in [0.25, 0.3) is 0 Å². The molecule has 0 aliphatic heterocycles. The molecule has 0 heterocycles. The van der Waals surface area contributed by atoms with Crippen LogP contribution in [-0.4, -0.2) is 27.5 Å². The zero-order chi connectivity index (χ0) is 17.8. The fourth-order valence-electron chi connectivity index (χ4n) is 3.27. The first-order valence-electron chi connectivity index (χ1n) is 7.15. The van der Waals surface area contributed by atoms with Crippen LogP contribution in [0.5, 0.6) is 0 Å². The van der Waals surface area contributed by atoms with Crippen LogP contribution in [-0.2, 0) is 14.4 Å². The Morgan fingerprint density at radius 3 is 2.26 bits per heavy atom. The number of aliphatic carboxylic acids is 1. The van der Waals surface area contributed by atoms with Crippen molar-refractivity contribution in [2.75, 3.05) is 0 Å². The summed E-state index contributed by atoms with van der Waals surface area (Å²) in [4.78, 5) is 35.2. The van der Waals surface area contributed by atoms with Gasteiger partial charge in [-0.1, -0.05) is 17.7 Å². The molecule has 4 nitrogen and oxygen atoms in total. The van der Waals surface area contributed by atoms with Crippen LogP contribution in [0, 0.1) is 16.7 Å². The number of halogens is 2. The van der Waals surface area contributed by atoms with Gasteiger partial charge in [0.2, 0.25) is 0 Å². The van der Waals surface area contributed by atoms with E-state index in [1.54, 1.807) is 27.7 Å². The van der Waals surface area contributed by atoms with Gasteiger partial charge < -0.3 is 5.11 Å². The van der Waals surface area contributed by atoms with E-state index in [1.807, 2.05) is 0 Å². The van der Waals surface area contributed by atoms with E-state index in [2.05, 4.69) is 0 Å². The van der Waals surface area contributed by atoms with Crippen molar-refractivity contribution in [1.82, 2.24) is 0 Å². The van der Waals surface area contributed by atoms with Crippen LogP contribution >= 0.6 is 23.2 Å². The predicted octanol–water partition coefficient (Wildman–Crippen LogP) is 3.49. The van der Waals surface area contributed by atoms with Crippen molar-refractivity contribution in [3.8, 4) is 0 Å². The Bertz CT molecular complexity index is 697. The van der Waals surface area contributed by atoms with Crippen molar-refractivity contribution in [1.29, 1.82) is 0 Å². The Morgan fingerprint density at radius 1 is 1.17 bits per heavy atom. The number of alkyl halides is 1. The lowest BCUT2D eigenvalue weighted by Crippen LogP contribution is -2.53. The molecule has 0 aromatic rings. The number of carboxylic acids is 1. The van der Waals surface area contributed by atoms with Gasteiger partial charge in [-0.3, -0.25) is 14.4 Å². The molecule has 0 amide bonds.